The number of nitrogens with zero attached hydrogens (tertiary/aromatic N) is 3. The number of methoxy groups -OCH3 is 1. The first-order valence-corrected chi connectivity index (χ1v) is 6.21. The van der Waals surface area contributed by atoms with Crippen LogP contribution in [-0.4, -0.2) is 22.1 Å². The highest BCUT2D eigenvalue weighted by Gasteiger charge is 2.27. The van der Waals surface area contributed by atoms with Crippen LogP contribution in [0.2, 0.25) is 0 Å². The molecule has 5 nitrogen and oxygen atoms in total. The second-order valence-corrected chi connectivity index (χ2v) is 4.65. The molecule has 1 saturated carbocycles. The van der Waals surface area contributed by atoms with Crippen molar-refractivity contribution in [1.29, 1.82) is 0 Å². The number of ether oxygens (including phenoxy) is 1. The molecule has 0 saturated heterocycles. The van der Waals surface area contributed by atoms with E-state index in [-0.39, 0.29) is 12.1 Å². The summed E-state index contributed by atoms with van der Waals surface area (Å²) in [6.45, 7) is 1.83. The van der Waals surface area contributed by atoms with Gasteiger partial charge in [0.1, 0.15) is 11.9 Å². The van der Waals surface area contributed by atoms with Crippen molar-refractivity contribution in [2.45, 2.75) is 45.1 Å². The van der Waals surface area contributed by atoms with Gasteiger partial charge in [-0.3, -0.25) is 0 Å². The van der Waals surface area contributed by atoms with Gasteiger partial charge in [0.25, 0.3) is 0 Å². The fourth-order valence-corrected chi connectivity index (χ4v) is 2.60. The maximum absolute atomic E-state index is 5.66. The van der Waals surface area contributed by atoms with Crippen LogP contribution in [0.25, 0.3) is 0 Å². The molecule has 0 amide bonds. The highest BCUT2D eigenvalue weighted by Crippen LogP contribution is 2.35. The molecule has 1 fully saturated rings. The van der Waals surface area contributed by atoms with E-state index in [1.54, 1.807) is 7.11 Å². The van der Waals surface area contributed by atoms with Gasteiger partial charge in [-0.25, -0.2) is 4.98 Å². The fourth-order valence-electron chi connectivity index (χ4n) is 2.60. The lowest BCUT2D eigenvalue weighted by Crippen LogP contribution is -2.21. The Bertz CT molecular complexity index is 357. The largest absolute Gasteiger partial charge is 0.373 e. The monoisotopic (exact) mass is 236 g/mol. The normalized spacial score (nSPS) is 19.2. The van der Waals surface area contributed by atoms with Crippen molar-refractivity contribution in [1.82, 2.24) is 15.0 Å². The number of anilines is 1. The molecule has 0 aliphatic heterocycles. The van der Waals surface area contributed by atoms with Gasteiger partial charge in [0.15, 0.2) is 5.82 Å². The van der Waals surface area contributed by atoms with E-state index in [4.69, 9.17) is 10.5 Å². The third-order valence-corrected chi connectivity index (χ3v) is 3.37. The smallest absolute Gasteiger partial charge is 0.223 e. The fraction of sp³-hybridized carbons (Fsp3) is 0.750. The highest BCUT2D eigenvalue weighted by atomic mass is 16.5. The summed E-state index contributed by atoms with van der Waals surface area (Å²) < 4.78 is 5.58. The number of nitrogens with two attached hydrogens (primary N) is 1. The molecule has 1 unspecified atom stereocenters. The third-order valence-electron chi connectivity index (χ3n) is 3.37. The predicted molar refractivity (Wildman–Crippen MR) is 65.3 cm³/mol. The van der Waals surface area contributed by atoms with Gasteiger partial charge < -0.3 is 10.5 Å². The van der Waals surface area contributed by atoms with Crippen LogP contribution in [0.4, 0.5) is 5.95 Å². The zero-order valence-electron chi connectivity index (χ0n) is 10.5. The molecule has 0 bridgehead atoms. The summed E-state index contributed by atoms with van der Waals surface area (Å²) in [5.74, 6) is 2.13. The number of rotatable bonds is 3. The molecular formula is C12H20N4O. The van der Waals surface area contributed by atoms with Crippen LogP contribution in [0.15, 0.2) is 0 Å². The van der Waals surface area contributed by atoms with Gasteiger partial charge in [-0.15, -0.1) is 0 Å². The molecule has 1 aromatic rings. The third kappa shape index (κ3) is 2.91. The van der Waals surface area contributed by atoms with Gasteiger partial charge in [0.05, 0.1) is 0 Å². The maximum atomic E-state index is 5.66. The van der Waals surface area contributed by atoms with Gasteiger partial charge in [-0.05, 0) is 25.7 Å². The molecule has 1 atom stereocenters. The average Bonchev–Trinajstić information content (AvgIpc) is 2.30. The van der Waals surface area contributed by atoms with Crippen molar-refractivity contribution < 1.29 is 4.74 Å². The summed E-state index contributed by atoms with van der Waals surface area (Å²) in [6, 6.07) is 0. The summed E-state index contributed by atoms with van der Waals surface area (Å²) >= 11 is 0. The van der Waals surface area contributed by atoms with Gasteiger partial charge in [0, 0.05) is 7.11 Å². The standard InChI is InChI=1S/C12H20N4O/c1-8-14-11(16-12(13)15-8)10(17-2)9-6-4-3-5-7-9/h9-10H,3-7H2,1-2H3,(H2,13,14,15,16). The van der Waals surface area contributed by atoms with Gasteiger partial charge in [0.2, 0.25) is 5.95 Å². The Kier molecular flexibility index (Phi) is 3.89. The Morgan fingerprint density at radius 1 is 1.18 bits per heavy atom. The van der Waals surface area contributed by atoms with E-state index < -0.39 is 0 Å². The van der Waals surface area contributed by atoms with Crippen molar-refractivity contribution in [2.75, 3.05) is 12.8 Å². The number of aromatic nitrogens is 3. The van der Waals surface area contributed by atoms with E-state index in [0.29, 0.717) is 17.6 Å². The second kappa shape index (κ2) is 5.40. The van der Waals surface area contributed by atoms with Crippen LogP contribution < -0.4 is 5.73 Å². The quantitative estimate of drug-likeness (QED) is 0.869. The molecule has 2 N–H and O–H groups in total. The Hall–Kier alpha value is -1.23. The first kappa shape index (κ1) is 12.2. The summed E-state index contributed by atoms with van der Waals surface area (Å²) in [7, 11) is 1.72. The molecule has 17 heavy (non-hydrogen) atoms. The number of aryl methyl sites for hydroxylation is 1. The Morgan fingerprint density at radius 3 is 2.47 bits per heavy atom. The molecule has 94 valence electrons. The molecule has 5 heteroatoms. The summed E-state index contributed by atoms with van der Waals surface area (Å²) in [6.07, 6.45) is 6.19. The van der Waals surface area contributed by atoms with Crippen LogP contribution in [-0.2, 0) is 4.74 Å². The Morgan fingerprint density at radius 2 is 1.88 bits per heavy atom. The van der Waals surface area contributed by atoms with E-state index >= 15 is 0 Å². The molecule has 1 aliphatic rings. The van der Waals surface area contributed by atoms with Crippen LogP contribution in [0.5, 0.6) is 0 Å². The van der Waals surface area contributed by atoms with E-state index in [2.05, 4.69) is 15.0 Å². The Labute approximate surface area is 102 Å². The first-order valence-electron chi connectivity index (χ1n) is 6.21. The lowest BCUT2D eigenvalue weighted by Gasteiger charge is -2.28. The van der Waals surface area contributed by atoms with Crippen molar-refractivity contribution in [3.8, 4) is 0 Å². The lowest BCUT2D eigenvalue weighted by atomic mass is 9.85. The number of hydrogen-bond acceptors (Lipinski definition) is 5. The molecular weight excluding hydrogens is 216 g/mol. The molecule has 1 aliphatic carbocycles. The molecule has 0 aromatic carbocycles. The van der Waals surface area contributed by atoms with Crippen LogP contribution in [0.3, 0.4) is 0 Å². The zero-order valence-corrected chi connectivity index (χ0v) is 10.5. The molecule has 1 aromatic heterocycles. The predicted octanol–water partition coefficient (Wildman–Crippen LogP) is 2.03. The van der Waals surface area contributed by atoms with Gasteiger partial charge in [-0.1, -0.05) is 19.3 Å². The van der Waals surface area contributed by atoms with E-state index in [1.807, 2.05) is 6.92 Å². The minimum atomic E-state index is -0.0423. The van der Waals surface area contributed by atoms with E-state index in [1.165, 1.54) is 32.1 Å². The van der Waals surface area contributed by atoms with Crippen LogP contribution >= 0.6 is 0 Å². The minimum Gasteiger partial charge on any atom is -0.373 e. The minimum absolute atomic E-state index is 0.0423. The maximum Gasteiger partial charge on any atom is 0.223 e. The highest BCUT2D eigenvalue weighted by molar-refractivity contribution is 5.16. The van der Waals surface area contributed by atoms with Crippen molar-refractivity contribution in [3.63, 3.8) is 0 Å². The summed E-state index contributed by atoms with van der Waals surface area (Å²) in [5.41, 5.74) is 5.66. The number of nitrogen functional groups attached to an aromatic ring is 1. The van der Waals surface area contributed by atoms with Crippen molar-refractivity contribution in [3.05, 3.63) is 11.6 Å². The van der Waals surface area contributed by atoms with Crippen molar-refractivity contribution >= 4 is 5.95 Å². The van der Waals surface area contributed by atoms with Crippen molar-refractivity contribution in [2.24, 2.45) is 5.92 Å². The summed E-state index contributed by atoms with van der Waals surface area (Å²) in [5, 5.41) is 0. The van der Waals surface area contributed by atoms with Crippen LogP contribution in [0, 0.1) is 12.8 Å². The molecule has 0 radical (unpaired) electrons. The van der Waals surface area contributed by atoms with Crippen LogP contribution in [0.1, 0.15) is 49.9 Å². The van der Waals surface area contributed by atoms with Gasteiger partial charge in [-0.2, -0.15) is 9.97 Å². The Balaban J connectivity index is 2.21. The lowest BCUT2D eigenvalue weighted by molar-refractivity contribution is 0.0287. The van der Waals surface area contributed by atoms with E-state index in [9.17, 15) is 0 Å². The molecule has 2 rings (SSSR count). The molecule has 0 spiro atoms. The topological polar surface area (TPSA) is 73.9 Å². The number of hydrogen-bond donors (Lipinski definition) is 1. The summed E-state index contributed by atoms with van der Waals surface area (Å²) in [4.78, 5) is 12.6. The molecule has 1 heterocycles. The van der Waals surface area contributed by atoms with Gasteiger partial charge >= 0.3 is 0 Å². The zero-order chi connectivity index (χ0) is 12.3. The average molecular weight is 236 g/mol. The second-order valence-electron chi connectivity index (χ2n) is 4.65. The van der Waals surface area contributed by atoms with E-state index in [0.717, 1.165) is 0 Å². The first-order chi connectivity index (χ1) is 8.20. The SMILES string of the molecule is COC(c1nc(C)nc(N)n1)C1CCCCC1.